The smallest absolute Gasteiger partial charge is 0.242 e. The Morgan fingerprint density at radius 1 is 1.30 bits per heavy atom. The topological polar surface area (TPSA) is 84.7 Å². The molecule has 0 saturated heterocycles. The molecule has 0 aliphatic heterocycles. The number of amides is 2. The fourth-order valence-electron chi connectivity index (χ4n) is 2.01. The number of likely N-dealkylation sites (N-methyl/N-ethyl adjacent to an activating group) is 1. The first kappa shape index (κ1) is 21.4. The first-order valence-electron chi connectivity index (χ1n) is 7.42. The van der Waals surface area contributed by atoms with Gasteiger partial charge in [-0.15, -0.1) is 12.4 Å². The molecule has 0 heterocycles. The minimum absolute atomic E-state index is 0. The van der Waals surface area contributed by atoms with E-state index >= 15 is 0 Å². The van der Waals surface area contributed by atoms with E-state index in [4.69, 9.17) is 10.5 Å². The molecule has 1 unspecified atom stereocenters. The van der Waals surface area contributed by atoms with Crippen molar-refractivity contribution in [2.75, 3.05) is 26.7 Å². The maximum Gasteiger partial charge on any atom is 0.242 e. The molecule has 1 atom stereocenters. The van der Waals surface area contributed by atoms with Gasteiger partial charge in [0.05, 0.1) is 19.1 Å². The second kappa shape index (κ2) is 11.9. The van der Waals surface area contributed by atoms with Crippen molar-refractivity contribution in [2.45, 2.75) is 26.0 Å². The van der Waals surface area contributed by atoms with Gasteiger partial charge in [0.25, 0.3) is 0 Å². The highest BCUT2D eigenvalue weighted by Gasteiger charge is 2.15. The molecule has 0 fully saturated rings. The number of benzene rings is 1. The molecule has 0 spiro atoms. The van der Waals surface area contributed by atoms with E-state index in [1.165, 1.54) is 7.11 Å². The summed E-state index contributed by atoms with van der Waals surface area (Å²) in [4.78, 5) is 25.6. The fourth-order valence-corrected chi connectivity index (χ4v) is 2.01. The van der Waals surface area contributed by atoms with E-state index in [0.29, 0.717) is 13.1 Å². The van der Waals surface area contributed by atoms with Crippen molar-refractivity contribution in [3.8, 4) is 0 Å². The Bertz CT molecular complexity index is 467. The molecule has 6 nitrogen and oxygen atoms in total. The van der Waals surface area contributed by atoms with E-state index in [1.54, 1.807) is 4.90 Å². The van der Waals surface area contributed by atoms with Gasteiger partial charge < -0.3 is 20.7 Å². The first-order valence-corrected chi connectivity index (χ1v) is 7.42. The molecule has 0 bridgehead atoms. The predicted molar refractivity (Wildman–Crippen MR) is 92.3 cm³/mol. The lowest BCUT2D eigenvalue weighted by molar-refractivity contribution is -0.133. The highest BCUT2D eigenvalue weighted by atomic mass is 35.5. The van der Waals surface area contributed by atoms with Crippen LogP contribution in [0, 0.1) is 0 Å². The second-order valence-corrected chi connectivity index (χ2v) is 4.97. The summed E-state index contributed by atoms with van der Waals surface area (Å²) in [5, 5.41) is 2.62. The van der Waals surface area contributed by atoms with Crippen molar-refractivity contribution >= 4 is 24.2 Å². The number of nitrogens with two attached hydrogens (primary N) is 1. The van der Waals surface area contributed by atoms with Gasteiger partial charge in [-0.3, -0.25) is 9.59 Å². The molecule has 1 rings (SSSR count). The Balaban J connectivity index is 0.00000484. The molecule has 23 heavy (non-hydrogen) atoms. The van der Waals surface area contributed by atoms with Gasteiger partial charge in [0.15, 0.2) is 0 Å². The molecule has 0 radical (unpaired) electrons. The summed E-state index contributed by atoms with van der Waals surface area (Å²) in [6.45, 7) is 3.30. The van der Waals surface area contributed by atoms with Crippen LogP contribution < -0.4 is 11.1 Å². The molecule has 2 amide bonds. The van der Waals surface area contributed by atoms with Crippen LogP contribution in [0.15, 0.2) is 30.3 Å². The number of carbonyl (C=O) groups is 2. The fraction of sp³-hybridized carbons (Fsp3) is 0.500. The van der Waals surface area contributed by atoms with Crippen LogP contribution in [0.1, 0.15) is 18.9 Å². The van der Waals surface area contributed by atoms with E-state index in [0.717, 1.165) is 5.56 Å². The number of hydrogen-bond donors (Lipinski definition) is 2. The average Bonchev–Trinajstić information content (AvgIpc) is 2.56. The minimum Gasteiger partial charge on any atom is -0.380 e. The molecular formula is C16H26ClN3O3. The van der Waals surface area contributed by atoms with Crippen LogP contribution >= 0.6 is 12.4 Å². The third kappa shape index (κ3) is 7.97. The Labute approximate surface area is 143 Å². The lowest BCUT2D eigenvalue weighted by atomic mass is 10.2. The molecule has 0 saturated carbocycles. The van der Waals surface area contributed by atoms with Crippen molar-refractivity contribution in [3.63, 3.8) is 0 Å². The lowest BCUT2D eigenvalue weighted by Crippen LogP contribution is -2.41. The number of nitrogens with zero attached hydrogens (tertiary/aromatic N) is 1. The van der Waals surface area contributed by atoms with Crippen LogP contribution in [0.25, 0.3) is 0 Å². The summed E-state index contributed by atoms with van der Waals surface area (Å²) in [6.07, 6.45) is -0.160. The molecule has 1 aromatic carbocycles. The summed E-state index contributed by atoms with van der Waals surface area (Å²) < 4.78 is 5.04. The van der Waals surface area contributed by atoms with Gasteiger partial charge in [-0.2, -0.15) is 0 Å². The van der Waals surface area contributed by atoms with Crippen LogP contribution in [0.3, 0.4) is 0 Å². The Morgan fingerprint density at radius 3 is 2.48 bits per heavy atom. The van der Waals surface area contributed by atoms with Crippen LogP contribution in [0.5, 0.6) is 0 Å². The SMILES string of the molecule is CCN(Cc1ccccc1)C(=O)CNC(=O)CC(CN)OC.Cl. The number of methoxy groups -OCH3 is 1. The Morgan fingerprint density at radius 2 is 1.96 bits per heavy atom. The van der Waals surface area contributed by atoms with Gasteiger partial charge in [-0.25, -0.2) is 0 Å². The van der Waals surface area contributed by atoms with Crippen molar-refractivity contribution in [1.82, 2.24) is 10.2 Å². The number of nitrogens with one attached hydrogen (secondary N) is 1. The maximum atomic E-state index is 12.2. The minimum atomic E-state index is -0.318. The number of rotatable bonds is 9. The molecule has 0 aliphatic rings. The summed E-state index contributed by atoms with van der Waals surface area (Å²) in [5.74, 6) is -0.345. The number of hydrogen-bond acceptors (Lipinski definition) is 4. The summed E-state index contributed by atoms with van der Waals surface area (Å²) >= 11 is 0. The van der Waals surface area contributed by atoms with E-state index in [-0.39, 0.29) is 49.8 Å². The standard InChI is InChI=1S/C16H25N3O3.ClH/c1-3-19(12-13-7-5-4-6-8-13)16(21)11-18-15(20)9-14(10-17)22-2;/h4-8,14H,3,9-12,17H2,1-2H3,(H,18,20);1H. The summed E-state index contributed by atoms with van der Waals surface area (Å²) in [6, 6.07) is 9.75. The molecule has 0 aromatic heterocycles. The van der Waals surface area contributed by atoms with E-state index < -0.39 is 0 Å². The Kier molecular flexibility index (Phi) is 11.0. The average molecular weight is 344 g/mol. The normalized spacial score (nSPS) is 11.3. The summed E-state index contributed by atoms with van der Waals surface area (Å²) in [5.41, 5.74) is 6.52. The highest BCUT2D eigenvalue weighted by molar-refractivity contribution is 5.85. The van der Waals surface area contributed by atoms with Crippen molar-refractivity contribution in [2.24, 2.45) is 5.73 Å². The first-order chi connectivity index (χ1) is 10.6. The maximum absolute atomic E-state index is 12.2. The zero-order valence-corrected chi connectivity index (χ0v) is 14.5. The molecule has 0 aliphatic carbocycles. The van der Waals surface area contributed by atoms with Crippen molar-refractivity contribution < 1.29 is 14.3 Å². The van der Waals surface area contributed by atoms with Gasteiger partial charge in [0, 0.05) is 26.7 Å². The molecule has 3 N–H and O–H groups in total. The lowest BCUT2D eigenvalue weighted by Gasteiger charge is -2.21. The van der Waals surface area contributed by atoms with Crippen LogP contribution in [-0.2, 0) is 20.9 Å². The largest absolute Gasteiger partial charge is 0.380 e. The third-order valence-electron chi connectivity index (χ3n) is 3.40. The number of carbonyl (C=O) groups excluding carboxylic acids is 2. The van der Waals surface area contributed by atoms with Crippen molar-refractivity contribution in [3.05, 3.63) is 35.9 Å². The van der Waals surface area contributed by atoms with E-state index in [2.05, 4.69) is 5.32 Å². The quantitative estimate of drug-likeness (QED) is 0.698. The number of ether oxygens (including phenoxy) is 1. The molecule has 130 valence electrons. The zero-order chi connectivity index (χ0) is 16.4. The Hall–Kier alpha value is -1.63. The van der Waals surface area contributed by atoms with Gasteiger partial charge in [0.2, 0.25) is 11.8 Å². The van der Waals surface area contributed by atoms with E-state index in [1.807, 2.05) is 37.3 Å². The van der Waals surface area contributed by atoms with Crippen molar-refractivity contribution in [1.29, 1.82) is 0 Å². The van der Waals surface area contributed by atoms with E-state index in [9.17, 15) is 9.59 Å². The van der Waals surface area contributed by atoms with Crippen LogP contribution in [-0.4, -0.2) is 49.6 Å². The number of halogens is 1. The van der Waals surface area contributed by atoms with Gasteiger partial charge >= 0.3 is 0 Å². The summed E-state index contributed by atoms with van der Waals surface area (Å²) in [7, 11) is 1.51. The van der Waals surface area contributed by atoms with Crippen LogP contribution in [0.4, 0.5) is 0 Å². The highest BCUT2D eigenvalue weighted by Crippen LogP contribution is 2.04. The van der Waals surface area contributed by atoms with Gasteiger partial charge in [-0.05, 0) is 12.5 Å². The van der Waals surface area contributed by atoms with Gasteiger partial charge in [0.1, 0.15) is 0 Å². The molecule has 1 aromatic rings. The second-order valence-electron chi connectivity index (χ2n) is 4.97. The predicted octanol–water partition coefficient (Wildman–Crippen LogP) is 0.937. The monoisotopic (exact) mass is 343 g/mol. The van der Waals surface area contributed by atoms with Gasteiger partial charge in [-0.1, -0.05) is 30.3 Å². The zero-order valence-electron chi connectivity index (χ0n) is 13.7. The third-order valence-corrected chi connectivity index (χ3v) is 3.40. The van der Waals surface area contributed by atoms with Crippen LogP contribution in [0.2, 0.25) is 0 Å². The molecule has 7 heteroatoms. The molecular weight excluding hydrogens is 318 g/mol.